The summed E-state index contributed by atoms with van der Waals surface area (Å²) in [6.45, 7) is 6.54. The lowest BCUT2D eigenvalue weighted by atomic mass is 10.2. The highest BCUT2D eigenvalue weighted by atomic mass is 35.5. The van der Waals surface area contributed by atoms with Crippen molar-refractivity contribution in [3.05, 3.63) is 33.5 Å². The Bertz CT molecular complexity index is 654. The van der Waals surface area contributed by atoms with Crippen LogP contribution in [0.5, 0.6) is 0 Å². The molecule has 1 aromatic rings. The average Bonchev–Trinajstić information content (AvgIpc) is 2.57. The minimum absolute atomic E-state index is 0.0542. The molecule has 0 saturated carbocycles. The van der Waals surface area contributed by atoms with E-state index in [9.17, 15) is 9.59 Å². The van der Waals surface area contributed by atoms with Gasteiger partial charge in [0.1, 0.15) is 11.5 Å². The van der Waals surface area contributed by atoms with E-state index in [1.54, 1.807) is 11.0 Å². The molecule has 0 aromatic carbocycles. The van der Waals surface area contributed by atoms with Crippen LogP contribution in [-0.2, 0) is 13.1 Å². The zero-order chi connectivity index (χ0) is 18.1. The SMILES string of the molecule is C=CCN(CCl)c1c(N)n(CCCCC)c(=O)n(CCCO)c1=O. The highest BCUT2D eigenvalue weighted by molar-refractivity contribution is 6.19. The topological polar surface area (TPSA) is 93.5 Å². The summed E-state index contributed by atoms with van der Waals surface area (Å²) in [5.41, 5.74) is 5.41. The monoisotopic (exact) mass is 358 g/mol. The highest BCUT2D eigenvalue weighted by Crippen LogP contribution is 2.18. The number of nitrogens with two attached hydrogens (primary N) is 1. The Labute approximate surface area is 147 Å². The van der Waals surface area contributed by atoms with E-state index in [1.165, 1.54) is 4.57 Å². The van der Waals surface area contributed by atoms with Crippen molar-refractivity contribution in [1.82, 2.24) is 9.13 Å². The number of aliphatic hydroxyl groups is 1. The van der Waals surface area contributed by atoms with Gasteiger partial charge in [0.2, 0.25) is 0 Å². The third-order valence-electron chi connectivity index (χ3n) is 3.78. The number of anilines is 2. The first-order chi connectivity index (χ1) is 11.5. The van der Waals surface area contributed by atoms with Gasteiger partial charge in [-0.05, 0) is 12.8 Å². The van der Waals surface area contributed by atoms with Gasteiger partial charge in [0.05, 0.1) is 6.00 Å². The van der Waals surface area contributed by atoms with Gasteiger partial charge in [0, 0.05) is 26.2 Å². The quantitative estimate of drug-likeness (QED) is 0.269. The van der Waals surface area contributed by atoms with Crippen LogP contribution in [0, 0.1) is 0 Å². The Kier molecular flexibility index (Phi) is 8.63. The van der Waals surface area contributed by atoms with E-state index in [4.69, 9.17) is 22.4 Å². The average molecular weight is 359 g/mol. The van der Waals surface area contributed by atoms with Crippen molar-refractivity contribution in [1.29, 1.82) is 0 Å². The summed E-state index contributed by atoms with van der Waals surface area (Å²) in [4.78, 5) is 26.9. The van der Waals surface area contributed by atoms with Gasteiger partial charge in [0.15, 0.2) is 0 Å². The van der Waals surface area contributed by atoms with E-state index in [0.29, 0.717) is 19.5 Å². The van der Waals surface area contributed by atoms with Crippen molar-refractivity contribution in [2.75, 3.05) is 29.8 Å². The second kappa shape index (κ2) is 10.2. The number of hydrogen-bond acceptors (Lipinski definition) is 5. The van der Waals surface area contributed by atoms with Gasteiger partial charge in [-0.2, -0.15) is 0 Å². The molecule has 0 unspecified atom stereocenters. The maximum absolute atomic E-state index is 12.7. The Balaban J connectivity index is 3.49. The van der Waals surface area contributed by atoms with E-state index in [1.807, 2.05) is 0 Å². The van der Waals surface area contributed by atoms with Crippen LogP contribution in [0.4, 0.5) is 11.5 Å². The summed E-state index contributed by atoms with van der Waals surface area (Å²) in [7, 11) is 0. The molecule has 7 nitrogen and oxygen atoms in total. The molecule has 1 rings (SSSR count). The number of halogens is 1. The lowest BCUT2D eigenvalue weighted by molar-refractivity contribution is 0.277. The lowest BCUT2D eigenvalue weighted by Crippen LogP contribution is -2.45. The predicted octanol–water partition coefficient (Wildman–Crippen LogP) is 1.35. The normalized spacial score (nSPS) is 10.8. The molecule has 136 valence electrons. The molecule has 3 N–H and O–H groups in total. The summed E-state index contributed by atoms with van der Waals surface area (Å²) >= 11 is 5.95. The second-order valence-electron chi connectivity index (χ2n) is 5.54. The summed E-state index contributed by atoms with van der Waals surface area (Å²) < 4.78 is 2.54. The van der Waals surface area contributed by atoms with Crippen molar-refractivity contribution >= 4 is 23.1 Å². The minimum Gasteiger partial charge on any atom is -0.396 e. The molecule has 0 atom stereocenters. The van der Waals surface area contributed by atoms with Gasteiger partial charge >= 0.3 is 5.69 Å². The van der Waals surface area contributed by atoms with E-state index < -0.39 is 11.2 Å². The summed E-state index contributed by atoms with van der Waals surface area (Å²) in [6.07, 6.45) is 4.70. The van der Waals surface area contributed by atoms with Crippen molar-refractivity contribution < 1.29 is 5.11 Å². The van der Waals surface area contributed by atoms with Crippen LogP contribution < -0.4 is 21.9 Å². The molecule has 0 radical (unpaired) electrons. The molecular formula is C16H27ClN4O3. The van der Waals surface area contributed by atoms with Crippen LogP contribution in [0.25, 0.3) is 0 Å². The van der Waals surface area contributed by atoms with Gasteiger partial charge in [-0.3, -0.25) is 13.9 Å². The molecule has 0 bridgehead atoms. The van der Waals surface area contributed by atoms with E-state index in [0.717, 1.165) is 23.8 Å². The molecule has 24 heavy (non-hydrogen) atoms. The van der Waals surface area contributed by atoms with Crippen LogP contribution in [0.1, 0.15) is 32.6 Å². The maximum atomic E-state index is 12.7. The first kappa shape index (κ1) is 20.3. The number of hydrogen-bond donors (Lipinski definition) is 2. The van der Waals surface area contributed by atoms with E-state index in [-0.39, 0.29) is 30.7 Å². The van der Waals surface area contributed by atoms with Crippen LogP contribution >= 0.6 is 11.6 Å². The maximum Gasteiger partial charge on any atom is 0.332 e. The molecule has 0 saturated heterocycles. The number of unbranched alkanes of at least 4 members (excludes halogenated alkanes) is 2. The highest BCUT2D eigenvalue weighted by Gasteiger charge is 2.20. The third kappa shape index (κ3) is 4.64. The van der Waals surface area contributed by atoms with Crippen LogP contribution in [0.15, 0.2) is 22.2 Å². The Morgan fingerprint density at radius 2 is 1.92 bits per heavy atom. The van der Waals surface area contributed by atoms with Gasteiger partial charge in [0.25, 0.3) is 5.56 Å². The van der Waals surface area contributed by atoms with Gasteiger partial charge in [-0.1, -0.05) is 25.8 Å². The van der Waals surface area contributed by atoms with Gasteiger partial charge in [-0.15, -0.1) is 18.2 Å². The first-order valence-electron chi connectivity index (χ1n) is 8.19. The smallest absolute Gasteiger partial charge is 0.332 e. The number of nitrogens with zero attached hydrogens (tertiary/aromatic N) is 3. The van der Waals surface area contributed by atoms with Gasteiger partial charge in [-0.25, -0.2) is 4.79 Å². The zero-order valence-electron chi connectivity index (χ0n) is 14.2. The Morgan fingerprint density at radius 3 is 2.46 bits per heavy atom. The number of nitrogen functional groups attached to an aromatic ring is 1. The van der Waals surface area contributed by atoms with Crippen molar-refractivity contribution in [2.45, 2.75) is 45.7 Å². The molecule has 1 aromatic heterocycles. The number of rotatable bonds is 11. The molecule has 1 heterocycles. The van der Waals surface area contributed by atoms with Crippen molar-refractivity contribution in [3.63, 3.8) is 0 Å². The standard InChI is InChI=1S/C16H27ClN4O3/c1-3-5-6-9-20-14(18)13(19(12-17)8-4-2)15(23)21(16(20)24)10-7-11-22/h4,22H,2-3,5-12,18H2,1H3. The van der Waals surface area contributed by atoms with E-state index in [2.05, 4.69) is 13.5 Å². The summed E-state index contributed by atoms with van der Waals surface area (Å²) in [5, 5.41) is 9.02. The second-order valence-corrected chi connectivity index (χ2v) is 5.78. The third-order valence-corrected chi connectivity index (χ3v) is 4.07. The molecule has 0 aliphatic heterocycles. The first-order valence-corrected chi connectivity index (χ1v) is 8.72. The molecule has 8 heteroatoms. The molecular weight excluding hydrogens is 332 g/mol. The molecule has 0 aliphatic rings. The summed E-state index contributed by atoms with van der Waals surface area (Å²) in [6, 6.07) is 0.0542. The van der Waals surface area contributed by atoms with Crippen LogP contribution in [-0.4, -0.2) is 33.4 Å². The number of aliphatic hydroxyl groups excluding tert-OH is 1. The van der Waals surface area contributed by atoms with Gasteiger partial charge < -0.3 is 15.7 Å². The molecule has 0 fully saturated rings. The fourth-order valence-electron chi connectivity index (χ4n) is 2.52. The minimum atomic E-state index is -0.486. The summed E-state index contributed by atoms with van der Waals surface area (Å²) in [5.74, 6) is 0.129. The number of alkyl halides is 1. The van der Waals surface area contributed by atoms with Crippen LogP contribution in [0.3, 0.4) is 0 Å². The van der Waals surface area contributed by atoms with E-state index >= 15 is 0 Å². The fraction of sp³-hybridized carbons (Fsp3) is 0.625. The number of aromatic nitrogens is 2. The largest absolute Gasteiger partial charge is 0.396 e. The molecule has 0 amide bonds. The lowest BCUT2D eigenvalue weighted by Gasteiger charge is -2.24. The fourth-order valence-corrected chi connectivity index (χ4v) is 2.73. The molecule has 0 aliphatic carbocycles. The zero-order valence-corrected chi connectivity index (χ0v) is 15.0. The predicted molar refractivity (Wildman–Crippen MR) is 98.9 cm³/mol. The Morgan fingerprint density at radius 1 is 1.25 bits per heavy atom. The van der Waals surface area contributed by atoms with Crippen LogP contribution in [0.2, 0.25) is 0 Å². The van der Waals surface area contributed by atoms with Crippen molar-refractivity contribution in [3.8, 4) is 0 Å². The van der Waals surface area contributed by atoms with Crippen molar-refractivity contribution in [2.24, 2.45) is 0 Å². The Hall–Kier alpha value is -1.73. The molecule has 0 spiro atoms.